The molecule has 1 aliphatic heterocycles. The Labute approximate surface area is 201 Å². The van der Waals surface area contributed by atoms with Crippen LogP contribution in [-0.2, 0) is 30.8 Å². The minimum atomic E-state index is -0.471. The van der Waals surface area contributed by atoms with Gasteiger partial charge in [-0.3, -0.25) is 4.90 Å². The molecule has 1 aromatic heterocycles. The molecule has 0 aliphatic carbocycles. The second-order valence-electron chi connectivity index (χ2n) is 9.03. The summed E-state index contributed by atoms with van der Waals surface area (Å²) in [5.41, 5.74) is 3.24. The van der Waals surface area contributed by atoms with Gasteiger partial charge in [-0.15, -0.1) is 0 Å². The molecule has 0 unspecified atom stereocenters. The Hall–Kier alpha value is -2.71. The van der Waals surface area contributed by atoms with Crippen LogP contribution < -0.4 is 10.1 Å². The standard InChI is InChI=1S/C27H35N3O4/c1-30(18-20-8-4-3-5-9-20)19-24-15-22(29-34-24)14-23-12-13-25(31)27(33-23)17-28-16-21-10-6-7-11-26(21)32-2/h3-11,15,23,25,27-28,31H,12-14,16-19H2,1-2H3/t23-,25-,27+/m0/s1. The van der Waals surface area contributed by atoms with Gasteiger partial charge in [0.2, 0.25) is 0 Å². The monoisotopic (exact) mass is 465 g/mol. The third kappa shape index (κ3) is 6.90. The Morgan fingerprint density at radius 2 is 1.88 bits per heavy atom. The summed E-state index contributed by atoms with van der Waals surface area (Å²) in [7, 11) is 3.75. The third-order valence-electron chi connectivity index (χ3n) is 6.20. The fourth-order valence-electron chi connectivity index (χ4n) is 4.46. The molecule has 2 N–H and O–H groups in total. The molecular formula is C27H35N3O4. The van der Waals surface area contributed by atoms with Gasteiger partial charge < -0.3 is 24.4 Å². The van der Waals surface area contributed by atoms with Gasteiger partial charge in [-0.25, -0.2) is 0 Å². The van der Waals surface area contributed by atoms with E-state index in [9.17, 15) is 5.11 Å². The Morgan fingerprint density at radius 3 is 2.71 bits per heavy atom. The molecule has 0 radical (unpaired) electrons. The Morgan fingerprint density at radius 1 is 1.09 bits per heavy atom. The highest BCUT2D eigenvalue weighted by Crippen LogP contribution is 2.23. The number of nitrogens with zero attached hydrogens (tertiary/aromatic N) is 2. The first-order valence-electron chi connectivity index (χ1n) is 11.9. The quantitative estimate of drug-likeness (QED) is 0.448. The molecule has 7 nitrogen and oxygen atoms in total. The molecule has 7 heteroatoms. The normalized spacial score (nSPS) is 20.5. The Balaban J connectivity index is 1.24. The van der Waals surface area contributed by atoms with Gasteiger partial charge in [0.05, 0.1) is 37.7 Å². The van der Waals surface area contributed by atoms with Crippen LogP contribution in [0.4, 0.5) is 0 Å². The van der Waals surface area contributed by atoms with E-state index in [-0.39, 0.29) is 12.2 Å². The summed E-state index contributed by atoms with van der Waals surface area (Å²) < 4.78 is 17.2. The first-order chi connectivity index (χ1) is 16.6. The molecule has 182 valence electrons. The van der Waals surface area contributed by atoms with Gasteiger partial charge in [0.15, 0.2) is 5.76 Å². The number of hydrogen-bond donors (Lipinski definition) is 2. The number of methoxy groups -OCH3 is 1. The van der Waals surface area contributed by atoms with E-state index in [1.54, 1.807) is 7.11 Å². The molecule has 1 aliphatic rings. The van der Waals surface area contributed by atoms with Crippen LogP contribution in [0.3, 0.4) is 0 Å². The van der Waals surface area contributed by atoms with Crippen LogP contribution >= 0.6 is 0 Å². The van der Waals surface area contributed by atoms with Crippen molar-refractivity contribution in [3.05, 3.63) is 83.2 Å². The summed E-state index contributed by atoms with van der Waals surface area (Å²) in [6, 6.07) is 20.3. The molecule has 1 saturated heterocycles. The second-order valence-corrected chi connectivity index (χ2v) is 9.03. The average Bonchev–Trinajstić information content (AvgIpc) is 3.28. The summed E-state index contributed by atoms with van der Waals surface area (Å²) in [5, 5.41) is 18.1. The highest BCUT2D eigenvalue weighted by atomic mass is 16.5. The molecule has 1 fully saturated rings. The number of ether oxygens (including phenoxy) is 2. The highest BCUT2D eigenvalue weighted by Gasteiger charge is 2.30. The first kappa shape index (κ1) is 24.4. The fraction of sp³-hybridized carbons (Fsp3) is 0.444. The number of rotatable bonds is 11. The summed E-state index contributed by atoms with van der Waals surface area (Å²) in [6.45, 7) is 2.78. The smallest absolute Gasteiger partial charge is 0.150 e. The summed E-state index contributed by atoms with van der Waals surface area (Å²) in [4.78, 5) is 2.20. The van der Waals surface area contributed by atoms with Crippen LogP contribution in [0.15, 0.2) is 65.2 Å². The lowest BCUT2D eigenvalue weighted by Crippen LogP contribution is -2.45. The number of para-hydroxylation sites is 1. The second kappa shape index (κ2) is 12.1. The highest BCUT2D eigenvalue weighted by molar-refractivity contribution is 5.33. The van der Waals surface area contributed by atoms with Gasteiger partial charge in [0.1, 0.15) is 5.75 Å². The maximum absolute atomic E-state index is 10.4. The van der Waals surface area contributed by atoms with Crippen LogP contribution in [0.1, 0.15) is 35.4 Å². The minimum absolute atomic E-state index is 0.0152. The van der Waals surface area contributed by atoms with Gasteiger partial charge in [-0.2, -0.15) is 0 Å². The zero-order valence-corrected chi connectivity index (χ0v) is 20.0. The molecule has 0 bridgehead atoms. The number of benzene rings is 2. The van der Waals surface area contributed by atoms with E-state index < -0.39 is 6.10 Å². The zero-order chi connectivity index (χ0) is 23.8. The number of aliphatic hydroxyl groups is 1. The average molecular weight is 466 g/mol. The zero-order valence-electron chi connectivity index (χ0n) is 20.0. The molecule has 2 aromatic carbocycles. The van der Waals surface area contributed by atoms with Gasteiger partial charge in [0.25, 0.3) is 0 Å². The van der Waals surface area contributed by atoms with Crippen LogP contribution in [0.25, 0.3) is 0 Å². The van der Waals surface area contributed by atoms with Crippen molar-refractivity contribution in [1.29, 1.82) is 0 Å². The van der Waals surface area contributed by atoms with Crippen molar-refractivity contribution in [1.82, 2.24) is 15.4 Å². The van der Waals surface area contributed by atoms with Gasteiger partial charge in [-0.05, 0) is 31.5 Å². The number of nitrogens with one attached hydrogen (secondary N) is 1. The first-order valence-corrected chi connectivity index (χ1v) is 11.9. The molecule has 0 saturated carbocycles. The Bertz CT molecular complexity index is 1010. The molecule has 34 heavy (non-hydrogen) atoms. The maximum atomic E-state index is 10.4. The van der Waals surface area contributed by atoms with Crippen molar-refractivity contribution in [3.8, 4) is 5.75 Å². The number of aromatic nitrogens is 1. The molecule has 0 spiro atoms. The van der Waals surface area contributed by atoms with Crippen LogP contribution in [0.2, 0.25) is 0 Å². The van der Waals surface area contributed by atoms with Crippen LogP contribution in [-0.4, -0.2) is 54.2 Å². The van der Waals surface area contributed by atoms with Crippen LogP contribution in [0, 0.1) is 0 Å². The predicted octanol–water partition coefficient (Wildman–Crippen LogP) is 3.56. The van der Waals surface area contributed by atoms with Gasteiger partial charge in [0, 0.05) is 37.7 Å². The van der Waals surface area contributed by atoms with E-state index in [0.29, 0.717) is 26.1 Å². The molecule has 3 atom stereocenters. The molecule has 0 amide bonds. The molecular weight excluding hydrogens is 430 g/mol. The largest absolute Gasteiger partial charge is 0.496 e. The Kier molecular flexibility index (Phi) is 8.71. The molecule has 4 rings (SSSR count). The van der Waals surface area contributed by atoms with Crippen molar-refractivity contribution in [3.63, 3.8) is 0 Å². The van der Waals surface area contributed by atoms with E-state index in [2.05, 4.69) is 46.7 Å². The van der Waals surface area contributed by atoms with Crippen molar-refractivity contribution in [2.45, 2.75) is 57.2 Å². The fourth-order valence-corrected chi connectivity index (χ4v) is 4.46. The van der Waals surface area contributed by atoms with Gasteiger partial charge in [-0.1, -0.05) is 53.7 Å². The topological polar surface area (TPSA) is 80.0 Å². The SMILES string of the molecule is COc1ccccc1CNC[C@H]1O[C@H](Cc2cc(CN(C)Cc3ccccc3)on2)CC[C@@H]1O. The van der Waals surface area contributed by atoms with Crippen molar-refractivity contribution < 1.29 is 19.1 Å². The lowest BCUT2D eigenvalue weighted by Gasteiger charge is -2.34. The molecule has 3 aromatic rings. The van der Waals surface area contributed by atoms with E-state index >= 15 is 0 Å². The van der Waals surface area contributed by atoms with E-state index in [4.69, 9.17) is 14.0 Å². The predicted molar refractivity (Wildman–Crippen MR) is 130 cm³/mol. The summed E-state index contributed by atoms with van der Waals surface area (Å²) in [5.74, 6) is 1.70. The minimum Gasteiger partial charge on any atom is -0.496 e. The van der Waals surface area contributed by atoms with E-state index in [0.717, 1.165) is 42.2 Å². The van der Waals surface area contributed by atoms with Gasteiger partial charge >= 0.3 is 0 Å². The maximum Gasteiger partial charge on any atom is 0.150 e. The van der Waals surface area contributed by atoms with Crippen molar-refractivity contribution >= 4 is 0 Å². The lowest BCUT2D eigenvalue weighted by molar-refractivity contribution is -0.115. The summed E-state index contributed by atoms with van der Waals surface area (Å²) >= 11 is 0. The number of hydrogen-bond acceptors (Lipinski definition) is 7. The third-order valence-corrected chi connectivity index (χ3v) is 6.20. The summed E-state index contributed by atoms with van der Waals surface area (Å²) in [6.07, 6.45) is 1.50. The van der Waals surface area contributed by atoms with Crippen LogP contribution in [0.5, 0.6) is 5.75 Å². The molecule has 2 heterocycles. The van der Waals surface area contributed by atoms with Crippen molar-refractivity contribution in [2.24, 2.45) is 0 Å². The lowest BCUT2D eigenvalue weighted by atomic mass is 9.98. The van der Waals surface area contributed by atoms with Crippen molar-refractivity contribution in [2.75, 3.05) is 20.7 Å². The van der Waals surface area contributed by atoms with E-state index in [1.165, 1.54) is 5.56 Å². The number of aliphatic hydroxyl groups excluding tert-OH is 1. The van der Waals surface area contributed by atoms with E-state index in [1.807, 2.05) is 36.4 Å².